The summed E-state index contributed by atoms with van der Waals surface area (Å²) in [5.41, 5.74) is 24.8. The topological polar surface area (TPSA) is 52.0 Å². The SMILES string of the molecule is CCC(c1ccc(C(CCCC2CCCCC2)c2ccc(C(CC)c3ccc(N)cc3C)cc2)cc1)c1ccc(N)cc1C. The minimum Gasteiger partial charge on any atom is -0.399 e. The van der Waals surface area contributed by atoms with Crippen molar-refractivity contribution in [3.8, 4) is 0 Å². The van der Waals surface area contributed by atoms with Crippen molar-refractivity contribution in [1.29, 1.82) is 0 Å². The van der Waals surface area contributed by atoms with Crippen LogP contribution in [0.2, 0.25) is 0 Å². The van der Waals surface area contributed by atoms with E-state index in [1.54, 1.807) is 0 Å². The molecule has 2 unspecified atom stereocenters. The van der Waals surface area contributed by atoms with Gasteiger partial charge >= 0.3 is 0 Å². The summed E-state index contributed by atoms with van der Waals surface area (Å²) >= 11 is 0. The highest BCUT2D eigenvalue weighted by atomic mass is 14.5. The molecule has 2 nitrogen and oxygen atoms in total. The molecule has 0 bridgehead atoms. The van der Waals surface area contributed by atoms with Crippen LogP contribution in [-0.2, 0) is 0 Å². The van der Waals surface area contributed by atoms with E-state index in [0.717, 1.165) is 30.1 Å². The zero-order valence-electron chi connectivity index (χ0n) is 27.6. The highest BCUT2D eigenvalue weighted by Gasteiger charge is 2.21. The number of hydrogen-bond donors (Lipinski definition) is 2. The molecule has 0 aliphatic heterocycles. The number of nitrogen functional groups attached to an aromatic ring is 2. The lowest BCUT2D eigenvalue weighted by atomic mass is 9.80. The third kappa shape index (κ3) is 7.57. The average molecular weight is 587 g/mol. The van der Waals surface area contributed by atoms with Crippen LogP contribution in [0, 0.1) is 19.8 Å². The van der Waals surface area contributed by atoms with Crippen molar-refractivity contribution in [2.75, 3.05) is 11.5 Å². The summed E-state index contributed by atoms with van der Waals surface area (Å²) in [7, 11) is 0. The third-order valence-corrected chi connectivity index (χ3v) is 10.5. The predicted molar refractivity (Wildman–Crippen MR) is 191 cm³/mol. The summed E-state index contributed by atoms with van der Waals surface area (Å²) in [6.07, 6.45) is 13.2. The number of anilines is 2. The summed E-state index contributed by atoms with van der Waals surface area (Å²) in [5.74, 6) is 2.11. The van der Waals surface area contributed by atoms with E-state index in [1.807, 2.05) is 12.1 Å². The number of nitrogens with two attached hydrogens (primary N) is 2. The third-order valence-electron chi connectivity index (χ3n) is 10.5. The first-order valence-corrected chi connectivity index (χ1v) is 17.3. The Morgan fingerprint density at radius 1 is 0.568 bits per heavy atom. The minimum absolute atomic E-state index is 0.386. The Kier molecular flexibility index (Phi) is 10.9. The normalized spacial score (nSPS) is 16.0. The van der Waals surface area contributed by atoms with E-state index >= 15 is 0 Å². The van der Waals surface area contributed by atoms with Crippen LogP contribution in [0.1, 0.15) is 140 Å². The van der Waals surface area contributed by atoms with Crippen molar-refractivity contribution in [2.24, 2.45) is 5.92 Å². The largest absolute Gasteiger partial charge is 0.399 e. The quantitative estimate of drug-likeness (QED) is 0.162. The number of benzene rings is 4. The van der Waals surface area contributed by atoms with Crippen LogP contribution in [0.15, 0.2) is 84.9 Å². The molecule has 1 aliphatic carbocycles. The van der Waals surface area contributed by atoms with Gasteiger partial charge in [-0.1, -0.05) is 119 Å². The Morgan fingerprint density at radius 3 is 1.36 bits per heavy atom. The monoisotopic (exact) mass is 586 g/mol. The Labute approximate surface area is 267 Å². The predicted octanol–water partition coefficient (Wildman–Crippen LogP) is 11.4. The molecule has 5 rings (SSSR count). The molecule has 4 aromatic carbocycles. The van der Waals surface area contributed by atoms with Crippen molar-refractivity contribution in [2.45, 2.75) is 110 Å². The maximum Gasteiger partial charge on any atom is 0.0316 e. The molecule has 0 amide bonds. The molecule has 1 fully saturated rings. The van der Waals surface area contributed by atoms with Gasteiger partial charge in [-0.15, -0.1) is 0 Å². The number of hydrogen-bond acceptors (Lipinski definition) is 2. The molecule has 0 radical (unpaired) electrons. The molecule has 1 aliphatic rings. The van der Waals surface area contributed by atoms with Crippen LogP contribution in [0.4, 0.5) is 11.4 Å². The molecule has 0 spiro atoms. The van der Waals surface area contributed by atoms with E-state index in [9.17, 15) is 0 Å². The number of aryl methyl sites for hydroxylation is 2. The summed E-state index contributed by atoms with van der Waals surface area (Å²) in [6.45, 7) is 8.96. The molecule has 0 heterocycles. The van der Waals surface area contributed by atoms with Crippen LogP contribution in [-0.4, -0.2) is 0 Å². The van der Waals surface area contributed by atoms with E-state index in [4.69, 9.17) is 11.5 Å². The van der Waals surface area contributed by atoms with Crippen LogP contribution in [0.3, 0.4) is 0 Å². The summed E-state index contributed by atoms with van der Waals surface area (Å²) in [6, 6.07) is 31.9. The van der Waals surface area contributed by atoms with E-state index in [1.165, 1.54) is 95.9 Å². The molecule has 1 saturated carbocycles. The van der Waals surface area contributed by atoms with E-state index in [-0.39, 0.29) is 0 Å². The second-order valence-corrected chi connectivity index (χ2v) is 13.5. The molecular weight excluding hydrogens is 532 g/mol. The minimum atomic E-state index is 0.386. The van der Waals surface area contributed by atoms with Gasteiger partial charge in [-0.3, -0.25) is 0 Å². The fourth-order valence-electron chi connectivity index (χ4n) is 7.98. The highest BCUT2D eigenvalue weighted by Crippen LogP contribution is 2.38. The second kappa shape index (κ2) is 15.0. The standard InChI is InChI=1S/C42H54N2/c1-5-38(40-25-23-36(43)27-29(40)3)32-15-19-34(20-16-32)42(14-10-13-31-11-8-7-9-12-31)35-21-17-33(18-22-35)39(6-2)41-26-24-37(44)28-30(41)4/h15-28,31,38-39,42H,5-14,43-44H2,1-4H3. The fourth-order valence-corrected chi connectivity index (χ4v) is 7.98. The second-order valence-electron chi connectivity index (χ2n) is 13.5. The van der Waals surface area contributed by atoms with Gasteiger partial charge in [-0.25, -0.2) is 0 Å². The van der Waals surface area contributed by atoms with Crippen LogP contribution < -0.4 is 11.5 Å². The van der Waals surface area contributed by atoms with Gasteiger partial charge in [0.15, 0.2) is 0 Å². The van der Waals surface area contributed by atoms with E-state index < -0.39 is 0 Å². The summed E-state index contributed by atoms with van der Waals surface area (Å²) in [5, 5.41) is 0. The molecule has 232 valence electrons. The highest BCUT2D eigenvalue weighted by molar-refractivity contribution is 5.49. The Balaban J connectivity index is 1.40. The average Bonchev–Trinajstić information content (AvgIpc) is 3.03. The molecular formula is C42H54N2. The van der Waals surface area contributed by atoms with Crippen LogP contribution >= 0.6 is 0 Å². The first-order chi connectivity index (χ1) is 21.4. The molecule has 44 heavy (non-hydrogen) atoms. The summed E-state index contributed by atoms with van der Waals surface area (Å²) in [4.78, 5) is 0. The van der Waals surface area contributed by atoms with Gasteiger partial charge < -0.3 is 11.5 Å². The Hall–Kier alpha value is -3.52. The fraction of sp³-hybridized carbons (Fsp3) is 0.429. The van der Waals surface area contributed by atoms with Gasteiger partial charge in [-0.2, -0.15) is 0 Å². The molecule has 0 aromatic heterocycles. The maximum absolute atomic E-state index is 6.07. The Bertz CT molecular complexity index is 1370. The zero-order chi connectivity index (χ0) is 31.1. The number of rotatable bonds is 12. The van der Waals surface area contributed by atoms with Gasteiger partial charge in [0.2, 0.25) is 0 Å². The van der Waals surface area contributed by atoms with Crippen molar-refractivity contribution < 1.29 is 0 Å². The first kappa shape index (κ1) is 31.9. The lowest BCUT2D eigenvalue weighted by Gasteiger charge is -2.25. The molecule has 2 heteroatoms. The van der Waals surface area contributed by atoms with Gasteiger partial charge in [0.25, 0.3) is 0 Å². The van der Waals surface area contributed by atoms with E-state index in [0.29, 0.717) is 17.8 Å². The lowest BCUT2D eigenvalue weighted by Crippen LogP contribution is -2.08. The molecule has 4 aromatic rings. The van der Waals surface area contributed by atoms with Crippen molar-refractivity contribution in [3.63, 3.8) is 0 Å². The van der Waals surface area contributed by atoms with E-state index in [2.05, 4.69) is 100 Å². The molecule has 2 atom stereocenters. The van der Waals surface area contributed by atoms with Gasteiger partial charge in [0.05, 0.1) is 0 Å². The van der Waals surface area contributed by atoms with Crippen molar-refractivity contribution in [1.82, 2.24) is 0 Å². The molecule has 0 saturated heterocycles. The lowest BCUT2D eigenvalue weighted by molar-refractivity contribution is 0.328. The molecule has 4 N–H and O–H groups in total. The first-order valence-electron chi connectivity index (χ1n) is 17.3. The smallest absolute Gasteiger partial charge is 0.0316 e. The zero-order valence-corrected chi connectivity index (χ0v) is 27.6. The Morgan fingerprint density at radius 2 is 0.977 bits per heavy atom. The maximum atomic E-state index is 6.07. The van der Waals surface area contributed by atoms with Crippen LogP contribution in [0.5, 0.6) is 0 Å². The van der Waals surface area contributed by atoms with Crippen molar-refractivity contribution >= 4 is 11.4 Å². The van der Waals surface area contributed by atoms with Gasteiger partial charge in [0, 0.05) is 29.1 Å². The van der Waals surface area contributed by atoms with Crippen molar-refractivity contribution in [3.05, 3.63) is 129 Å². The summed E-state index contributed by atoms with van der Waals surface area (Å²) < 4.78 is 0. The van der Waals surface area contributed by atoms with Gasteiger partial charge in [-0.05, 0) is 108 Å². The van der Waals surface area contributed by atoms with Crippen LogP contribution in [0.25, 0.3) is 0 Å². The van der Waals surface area contributed by atoms with Gasteiger partial charge in [0.1, 0.15) is 0 Å².